The van der Waals surface area contributed by atoms with Crippen molar-refractivity contribution < 1.29 is 14.3 Å². The molecule has 23 heavy (non-hydrogen) atoms. The van der Waals surface area contributed by atoms with E-state index in [-0.39, 0.29) is 5.92 Å². The van der Waals surface area contributed by atoms with E-state index >= 15 is 0 Å². The first-order valence-corrected chi connectivity index (χ1v) is 8.25. The van der Waals surface area contributed by atoms with Gasteiger partial charge in [0.2, 0.25) is 5.71 Å². The molecule has 3 heterocycles. The molecule has 0 saturated carbocycles. The summed E-state index contributed by atoms with van der Waals surface area (Å²) in [5, 5.41) is 10.3. The van der Waals surface area contributed by atoms with Gasteiger partial charge >= 0.3 is 5.97 Å². The smallest absolute Gasteiger partial charge is 0.308 e. The zero-order chi connectivity index (χ0) is 16.6. The largest absolute Gasteiger partial charge is 0.481 e. The lowest BCUT2D eigenvalue weighted by atomic mass is 9.98. The number of rotatable bonds is 4. The molecule has 0 spiro atoms. The third kappa shape index (κ3) is 2.90. The maximum absolute atomic E-state index is 11.4. The number of nitrogens with zero attached hydrogens (tertiary/aromatic N) is 3. The van der Waals surface area contributed by atoms with Crippen molar-refractivity contribution in [3.05, 3.63) is 17.1 Å². The van der Waals surface area contributed by atoms with Gasteiger partial charge in [0.15, 0.2) is 0 Å². The van der Waals surface area contributed by atoms with Crippen LogP contribution in [0.1, 0.15) is 43.3 Å². The molecule has 6 nitrogen and oxygen atoms in total. The summed E-state index contributed by atoms with van der Waals surface area (Å²) in [7, 11) is 0. The normalized spacial score (nSPS) is 18.6. The Hall–Kier alpha value is -2.11. The number of piperidine rings is 1. The average Bonchev–Trinajstić information content (AvgIpc) is 2.82. The lowest BCUT2D eigenvalue weighted by Crippen LogP contribution is -2.39. The van der Waals surface area contributed by atoms with Gasteiger partial charge < -0.3 is 14.4 Å². The molecule has 0 amide bonds. The number of aryl methyl sites for hydroxylation is 3. The molecule has 1 unspecified atom stereocenters. The highest BCUT2D eigenvalue weighted by molar-refractivity contribution is 5.90. The average molecular weight is 317 g/mol. The predicted molar refractivity (Wildman–Crippen MR) is 87.8 cm³/mol. The second-order valence-corrected chi connectivity index (χ2v) is 6.30. The Labute approximate surface area is 135 Å². The number of furan rings is 1. The Morgan fingerprint density at radius 2 is 2.17 bits per heavy atom. The standard InChI is InChI=1S/C17H23N3O3/c1-4-6-13-18-15(14-10(2)11(3)23-16(14)19-13)20-8-5-7-12(9-20)17(21)22/h12H,4-9H2,1-3H3,(H,21,22). The highest BCUT2D eigenvalue weighted by Crippen LogP contribution is 2.33. The Morgan fingerprint density at radius 1 is 1.39 bits per heavy atom. The van der Waals surface area contributed by atoms with Crippen LogP contribution in [-0.2, 0) is 11.2 Å². The molecule has 1 N–H and O–H groups in total. The van der Waals surface area contributed by atoms with Crippen molar-refractivity contribution >= 4 is 22.9 Å². The molecule has 1 fully saturated rings. The molecular formula is C17H23N3O3. The van der Waals surface area contributed by atoms with E-state index < -0.39 is 5.97 Å². The molecule has 0 aliphatic carbocycles. The minimum Gasteiger partial charge on any atom is -0.481 e. The van der Waals surface area contributed by atoms with Crippen LogP contribution < -0.4 is 4.90 Å². The van der Waals surface area contributed by atoms with Gasteiger partial charge in [-0.25, -0.2) is 4.98 Å². The molecule has 2 aromatic rings. The summed E-state index contributed by atoms with van der Waals surface area (Å²) < 4.78 is 5.80. The minimum absolute atomic E-state index is 0.336. The number of carbonyl (C=O) groups is 1. The van der Waals surface area contributed by atoms with Crippen LogP contribution in [0.3, 0.4) is 0 Å². The summed E-state index contributed by atoms with van der Waals surface area (Å²) in [6.07, 6.45) is 3.34. The number of carboxylic acid groups (broad SMARTS) is 1. The van der Waals surface area contributed by atoms with Gasteiger partial charge in [0.25, 0.3) is 0 Å². The highest BCUT2D eigenvalue weighted by atomic mass is 16.4. The maximum atomic E-state index is 11.4. The quantitative estimate of drug-likeness (QED) is 0.933. The van der Waals surface area contributed by atoms with Crippen LogP contribution >= 0.6 is 0 Å². The molecule has 3 rings (SSSR count). The number of hydrogen-bond acceptors (Lipinski definition) is 5. The second kappa shape index (κ2) is 6.18. The van der Waals surface area contributed by atoms with Crippen molar-refractivity contribution in [2.45, 2.75) is 46.5 Å². The van der Waals surface area contributed by atoms with Gasteiger partial charge in [0.05, 0.1) is 11.3 Å². The van der Waals surface area contributed by atoms with Gasteiger partial charge in [0, 0.05) is 25.1 Å². The Kier molecular flexibility index (Phi) is 4.24. The molecule has 1 aliphatic rings. The fourth-order valence-corrected chi connectivity index (χ4v) is 3.21. The molecule has 124 valence electrons. The molecule has 1 saturated heterocycles. The van der Waals surface area contributed by atoms with E-state index in [0.29, 0.717) is 12.3 Å². The summed E-state index contributed by atoms with van der Waals surface area (Å²) in [5.41, 5.74) is 1.65. The lowest BCUT2D eigenvalue weighted by Gasteiger charge is -2.32. The SMILES string of the molecule is CCCc1nc(N2CCCC(C(=O)O)C2)c2c(C)c(C)oc2n1. The highest BCUT2D eigenvalue weighted by Gasteiger charge is 2.28. The third-order valence-electron chi connectivity index (χ3n) is 4.60. The molecule has 0 bridgehead atoms. The van der Waals surface area contributed by atoms with Gasteiger partial charge in [-0.05, 0) is 33.1 Å². The Balaban J connectivity index is 2.08. The van der Waals surface area contributed by atoms with Crippen LogP contribution in [0.15, 0.2) is 4.42 Å². The molecule has 1 aliphatic heterocycles. The lowest BCUT2D eigenvalue weighted by molar-refractivity contribution is -0.141. The van der Waals surface area contributed by atoms with Crippen LogP contribution in [-0.4, -0.2) is 34.1 Å². The Morgan fingerprint density at radius 3 is 2.87 bits per heavy atom. The number of aliphatic carboxylic acids is 1. The van der Waals surface area contributed by atoms with Gasteiger partial charge in [-0.1, -0.05) is 6.92 Å². The maximum Gasteiger partial charge on any atom is 0.308 e. The van der Waals surface area contributed by atoms with E-state index in [0.717, 1.165) is 60.6 Å². The van der Waals surface area contributed by atoms with Crippen LogP contribution in [0.2, 0.25) is 0 Å². The van der Waals surface area contributed by atoms with E-state index in [2.05, 4.69) is 16.8 Å². The van der Waals surface area contributed by atoms with E-state index in [1.807, 2.05) is 13.8 Å². The fourth-order valence-electron chi connectivity index (χ4n) is 3.21. The van der Waals surface area contributed by atoms with Crippen molar-refractivity contribution in [2.75, 3.05) is 18.0 Å². The van der Waals surface area contributed by atoms with Crippen molar-refractivity contribution in [1.29, 1.82) is 0 Å². The van der Waals surface area contributed by atoms with Crippen molar-refractivity contribution in [3.8, 4) is 0 Å². The van der Waals surface area contributed by atoms with E-state index in [4.69, 9.17) is 9.40 Å². The van der Waals surface area contributed by atoms with Crippen molar-refractivity contribution in [3.63, 3.8) is 0 Å². The van der Waals surface area contributed by atoms with Gasteiger partial charge in [-0.3, -0.25) is 4.79 Å². The van der Waals surface area contributed by atoms with Gasteiger partial charge in [-0.15, -0.1) is 0 Å². The third-order valence-corrected chi connectivity index (χ3v) is 4.60. The number of anilines is 1. The molecular weight excluding hydrogens is 294 g/mol. The summed E-state index contributed by atoms with van der Waals surface area (Å²) in [6.45, 7) is 7.34. The predicted octanol–water partition coefficient (Wildman–Crippen LogP) is 3.09. The fraction of sp³-hybridized carbons (Fsp3) is 0.588. The number of carboxylic acids is 1. The molecule has 2 aromatic heterocycles. The first-order chi connectivity index (χ1) is 11.0. The van der Waals surface area contributed by atoms with E-state index in [9.17, 15) is 9.90 Å². The summed E-state index contributed by atoms with van der Waals surface area (Å²) in [4.78, 5) is 22.7. The molecule has 1 atom stereocenters. The topological polar surface area (TPSA) is 79.5 Å². The zero-order valence-electron chi connectivity index (χ0n) is 13.9. The van der Waals surface area contributed by atoms with E-state index in [1.54, 1.807) is 0 Å². The van der Waals surface area contributed by atoms with Crippen molar-refractivity contribution in [1.82, 2.24) is 9.97 Å². The minimum atomic E-state index is -0.728. The van der Waals surface area contributed by atoms with Crippen molar-refractivity contribution in [2.24, 2.45) is 5.92 Å². The first-order valence-electron chi connectivity index (χ1n) is 8.25. The number of aromatic nitrogens is 2. The van der Waals surface area contributed by atoms with Gasteiger partial charge in [-0.2, -0.15) is 4.98 Å². The van der Waals surface area contributed by atoms with Crippen LogP contribution in [0.25, 0.3) is 11.1 Å². The summed E-state index contributed by atoms with van der Waals surface area (Å²) in [6, 6.07) is 0. The number of hydrogen-bond donors (Lipinski definition) is 1. The summed E-state index contributed by atoms with van der Waals surface area (Å²) >= 11 is 0. The van der Waals surface area contributed by atoms with Crippen LogP contribution in [0.4, 0.5) is 5.82 Å². The van der Waals surface area contributed by atoms with Crippen LogP contribution in [0.5, 0.6) is 0 Å². The van der Waals surface area contributed by atoms with E-state index in [1.165, 1.54) is 0 Å². The van der Waals surface area contributed by atoms with Gasteiger partial charge in [0.1, 0.15) is 17.4 Å². The summed E-state index contributed by atoms with van der Waals surface area (Å²) in [5.74, 6) is 1.38. The zero-order valence-corrected chi connectivity index (χ0v) is 13.9. The molecule has 0 aromatic carbocycles. The molecule has 0 radical (unpaired) electrons. The monoisotopic (exact) mass is 317 g/mol. The molecule has 6 heteroatoms. The Bertz CT molecular complexity index is 738. The number of fused-ring (bicyclic) bond motifs is 1. The second-order valence-electron chi connectivity index (χ2n) is 6.30. The van der Waals surface area contributed by atoms with Crippen LogP contribution in [0, 0.1) is 19.8 Å². The first kappa shape index (κ1) is 15.8.